The van der Waals surface area contributed by atoms with Crippen LogP contribution in [0.25, 0.3) is 11.1 Å². The van der Waals surface area contributed by atoms with Gasteiger partial charge in [-0.3, -0.25) is 4.79 Å². The molecule has 1 aliphatic rings. The van der Waals surface area contributed by atoms with E-state index >= 15 is 0 Å². The normalized spacial score (nSPS) is 13.1. The Morgan fingerprint density at radius 1 is 1.03 bits per heavy atom. The van der Waals surface area contributed by atoms with E-state index in [1.807, 2.05) is 56.3 Å². The maximum absolute atomic E-state index is 13.1. The maximum atomic E-state index is 13.1. The second kappa shape index (κ2) is 11.2. The third-order valence-electron chi connectivity index (χ3n) is 6.24. The van der Waals surface area contributed by atoms with Crippen molar-refractivity contribution >= 4 is 11.9 Å². The zero-order valence-corrected chi connectivity index (χ0v) is 20.2. The van der Waals surface area contributed by atoms with Crippen molar-refractivity contribution in [2.45, 2.75) is 52.4 Å². The predicted octanol–water partition coefficient (Wildman–Crippen LogP) is 5.30. The Morgan fingerprint density at radius 3 is 2.51 bits per heavy atom. The highest BCUT2D eigenvalue weighted by atomic mass is 16.5. The minimum atomic E-state index is -1.03. The number of rotatable bonds is 10. The van der Waals surface area contributed by atoms with Crippen molar-refractivity contribution in [3.8, 4) is 16.9 Å². The molecule has 35 heavy (non-hydrogen) atoms. The van der Waals surface area contributed by atoms with Gasteiger partial charge >= 0.3 is 5.97 Å². The largest absolute Gasteiger partial charge is 0.493 e. The fraction of sp³-hybridized carbons (Fsp3) is 0.310. The molecule has 1 aliphatic heterocycles. The Kier molecular flexibility index (Phi) is 7.83. The summed E-state index contributed by atoms with van der Waals surface area (Å²) >= 11 is 0. The molecular weight excluding hydrogens is 442 g/mol. The quantitative estimate of drug-likeness (QED) is 0.418. The number of aryl methyl sites for hydroxylation is 1. The minimum Gasteiger partial charge on any atom is -0.493 e. The number of nitrogens with one attached hydrogen (secondary N) is 1. The molecule has 0 radical (unpaired) electrons. The van der Waals surface area contributed by atoms with Crippen LogP contribution >= 0.6 is 0 Å². The number of benzene rings is 3. The van der Waals surface area contributed by atoms with Gasteiger partial charge in [0.1, 0.15) is 11.8 Å². The summed E-state index contributed by atoms with van der Waals surface area (Å²) in [7, 11) is 0. The average molecular weight is 474 g/mol. The summed E-state index contributed by atoms with van der Waals surface area (Å²) in [4.78, 5) is 24.7. The van der Waals surface area contributed by atoms with Gasteiger partial charge in [-0.05, 0) is 64.9 Å². The van der Waals surface area contributed by atoms with E-state index in [-0.39, 0.29) is 0 Å². The first-order valence-electron chi connectivity index (χ1n) is 12.0. The Labute approximate surface area is 205 Å². The summed E-state index contributed by atoms with van der Waals surface area (Å²) in [5.41, 5.74) is 6.37. The van der Waals surface area contributed by atoms with Gasteiger partial charge in [-0.15, -0.1) is 0 Å². The Morgan fingerprint density at radius 2 is 1.77 bits per heavy atom. The number of carboxylic acids is 1. The molecule has 0 bridgehead atoms. The smallest absolute Gasteiger partial charge is 0.326 e. The van der Waals surface area contributed by atoms with Gasteiger partial charge < -0.3 is 19.9 Å². The molecule has 0 aliphatic carbocycles. The Bertz CT molecular complexity index is 1220. The SMILES string of the molecule is CCCC(NC(=O)c1ccc(COCc2ccc3c(c2)OCC3)cc1-c1ccccc1C)C(=O)O. The van der Waals surface area contributed by atoms with E-state index < -0.39 is 17.9 Å². The number of amides is 1. The number of hydrogen-bond donors (Lipinski definition) is 2. The van der Waals surface area contributed by atoms with Gasteiger partial charge in [0.25, 0.3) is 5.91 Å². The van der Waals surface area contributed by atoms with E-state index in [0.29, 0.717) is 31.6 Å². The molecule has 1 unspecified atom stereocenters. The number of fused-ring (bicyclic) bond motifs is 1. The van der Waals surface area contributed by atoms with Crippen LogP contribution < -0.4 is 10.1 Å². The van der Waals surface area contributed by atoms with E-state index in [0.717, 1.165) is 46.6 Å². The van der Waals surface area contributed by atoms with Crippen molar-refractivity contribution in [2.24, 2.45) is 0 Å². The molecule has 0 fully saturated rings. The molecule has 3 aromatic rings. The highest BCUT2D eigenvalue weighted by Crippen LogP contribution is 2.29. The zero-order valence-electron chi connectivity index (χ0n) is 20.2. The molecule has 1 atom stereocenters. The van der Waals surface area contributed by atoms with E-state index in [1.54, 1.807) is 6.07 Å². The molecule has 2 N–H and O–H groups in total. The molecule has 4 rings (SSSR count). The van der Waals surface area contributed by atoms with Crippen LogP contribution in [0.1, 0.15) is 52.4 Å². The fourth-order valence-corrected chi connectivity index (χ4v) is 4.35. The molecule has 0 aromatic heterocycles. The van der Waals surface area contributed by atoms with E-state index in [1.165, 1.54) is 5.56 Å². The number of hydrogen-bond acceptors (Lipinski definition) is 4. The summed E-state index contributed by atoms with van der Waals surface area (Å²) < 4.78 is 11.6. The van der Waals surface area contributed by atoms with Crippen LogP contribution in [0.15, 0.2) is 60.7 Å². The van der Waals surface area contributed by atoms with Crippen molar-refractivity contribution < 1.29 is 24.2 Å². The van der Waals surface area contributed by atoms with Gasteiger partial charge in [0, 0.05) is 12.0 Å². The topological polar surface area (TPSA) is 84.9 Å². The second-order valence-corrected chi connectivity index (χ2v) is 8.88. The van der Waals surface area contributed by atoms with Crippen molar-refractivity contribution in [1.82, 2.24) is 5.32 Å². The first kappa shape index (κ1) is 24.5. The second-order valence-electron chi connectivity index (χ2n) is 8.88. The highest BCUT2D eigenvalue weighted by molar-refractivity contribution is 6.02. The number of ether oxygens (including phenoxy) is 2. The van der Waals surface area contributed by atoms with Crippen molar-refractivity contribution in [3.05, 3.63) is 88.5 Å². The fourth-order valence-electron chi connectivity index (χ4n) is 4.35. The lowest BCUT2D eigenvalue weighted by Crippen LogP contribution is -2.40. The lowest BCUT2D eigenvalue weighted by atomic mass is 9.93. The summed E-state index contributed by atoms with van der Waals surface area (Å²) in [5, 5.41) is 12.2. The zero-order chi connectivity index (χ0) is 24.8. The average Bonchev–Trinajstić information content (AvgIpc) is 3.32. The lowest BCUT2D eigenvalue weighted by molar-refractivity contribution is -0.139. The van der Waals surface area contributed by atoms with Crippen molar-refractivity contribution in [1.29, 1.82) is 0 Å². The first-order chi connectivity index (χ1) is 17.0. The van der Waals surface area contributed by atoms with Crippen LogP contribution in [-0.2, 0) is 29.2 Å². The highest BCUT2D eigenvalue weighted by Gasteiger charge is 2.22. The molecule has 6 heteroatoms. The molecule has 1 heterocycles. The minimum absolute atomic E-state index is 0.375. The van der Waals surface area contributed by atoms with Crippen LogP contribution in [0.5, 0.6) is 5.75 Å². The van der Waals surface area contributed by atoms with E-state index in [9.17, 15) is 14.7 Å². The molecule has 6 nitrogen and oxygen atoms in total. The van der Waals surface area contributed by atoms with E-state index in [4.69, 9.17) is 9.47 Å². The van der Waals surface area contributed by atoms with Gasteiger partial charge in [0.2, 0.25) is 0 Å². The third kappa shape index (κ3) is 5.89. The van der Waals surface area contributed by atoms with Gasteiger partial charge in [-0.25, -0.2) is 4.79 Å². The van der Waals surface area contributed by atoms with Crippen molar-refractivity contribution in [2.75, 3.05) is 6.61 Å². The molecule has 0 spiro atoms. The Hall–Kier alpha value is -3.64. The molecule has 1 amide bonds. The van der Waals surface area contributed by atoms with Gasteiger partial charge in [-0.1, -0.05) is 55.8 Å². The predicted molar refractivity (Wildman–Crippen MR) is 135 cm³/mol. The number of carbonyl (C=O) groups excluding carboxylic acids is 1. The standard InChI is InChI=1S/C29H31NO5/c1-3-6-26(29(32)33)30-28(31)24-12-10-20(15-25(24)23-8-5-4-7-19(23)2)17-34-18-21-9-11-22-13-14-35-27(22)16-21/h4-5,7-12,15-16,26H,3,6,13-14,17-18H2,1-2H3,(H,30,31)(H,32,33). The molecule has 0 saturated carbocycles. The van der Waals surface area contributed by atoms with Gasteiger partial charge in [-0.2, -0.15) is 0 Å². The first-order valence-corrected chi connectivity index (χ1v) is 12.0. The van der Waals surface area contributed by atoms with E-state index in [2.05, 4.69) is 17.4 Å². The molecular formula is C29H31NO5. The molecule has 0 saturated heterocycles. The number of aliphatic carboxylic acids is 1. The maximum Gasteiger partial charge on any atom is 0.326 e. The molecule has 3 aromatic carbocycles. The summed E-state index contributed by atoms with van der Waals surface area (Å²) in [5.74, 6) is -0.486. The van der Waals surface area contributed by atoms with Crippen LogP contribution in [0.4, 0.5) is 0 Å². The van der Waals surface area contributed by atoms with Crippen molar-refractivity contribution in [3.63, 3.8) is 0 Å². The lowest BCUT2D eigenvalue weighted by Gasteiger charge is -2.17. The van der Waals surface area contributed by atoms with Gasteiger partial charge in [0.05, 0.1) is 19.8 Å². The third-order valence-corrected chi connectivity index (χ3v) is 6.24. The summed E-state index contributed by atoms with van der Waals surface area (Å²) in [6.45, 7) is 5.45. The number of carbonyl (C=O) groups is 2. The monoisotopic (exact) mass is 473 g/mol. The van der Waals surface area contributed by atoms with Gasteiger partial charge in [0.15, 0.2) is 0 Å². The van der Waals surface area contributed by atoms with Crippen LogP contribution in [0.2, 0.25) is 0 Å². The van der Waals surface area contributed by atoms with Crippen LogP contribution in [-0.4, -0.2) is 29.6 Å². The van der Waals surface area contributed by atoms with Crippen LogP contribution in [0.3, 0.4) is 0 Å². The summed E-state index contributed by atoms with van der Waals surface area (Å²) in [6.07, 6.45) is 1.98. The summed E-state index contributed by atoms with van der Waals surface area (Å²) in [6, 6.07) is 18.7. The van der Waals surface area contributed by atoms with Crippen LogP contribution in [0, 0.1) is 6.92 Å². The Balaban J connectivity index is 1.54. The number of carboxylic acid groups (broad SMARTS) is 1. The molecule has 182 valence electrons.